The molecule has 1 aliphatic heterocycles. The van der Waals surface area contributed by atoms with Gasteiger partial charge in [0.25, 0.3) is 0 Å². The van der Waals surface area contributed by atoms with E-state index in [1.54, 1.807) is 0 Å². The summed E-state index contributed by atoms with van der Waals surface area (Å²) in [7, 11) is 0. The summed E-state index contributed by atoms with van der Waals surface area (Å²) in [6.45, 7) is 1.30. The van der Waals surface area contributed by atoms with Gasteiger partial charge in [-0.1, -0.05) is 11.6 Å². The quantitative estimate of drug-likeness (QED) is 0.571. The van der Waals surface area contributed by atoms with Crippen molar-refractivity contribution in [2.45, 2.75) is 25.1 Å². The second kappa shape index (κ2) is 7.30. The van der Waals surface area contributed by atoms with Crippen LogP contribution >= 0.6 is 23.8 Å². The molecule has 1 saturated heterocycles. The number of hydrazine groups is 1. The van der Waals surface area contributed by atoms with Crippen molar-refractivity contribution < 1.29 is 17.9 Å². The summed E-state index contributed by atoms with van der Waals surface area (Å²) in [5.74, 6) is 0.0518. The third kappa shape index (κ3) is 4.85. The zero-order valence-electron chi connectivity index (χ0n) is 11.3. The van der Waals surface area contributed by atoms with Gasteiger partial charge in [0, 0.05) is 19.3 Å². The van der Waals surface area contributed by atoms with Crippen LogP contribution in [0.4, 0.5) is 19.0 Å². The summed E-state index contributed by atoms with van der Waals surface area (Å²) < 4.78 is 42.9. The van der Waals surface area contributed by atoms with Crippen molar-refractivity contribution in [3.63, 3.8) is 0 Å². The standard InChI is InChI=1S/C12H14ClF3N4OS/c13-9-4-7(12(14,15)16)5-17-10(9)19-20-11(22)18-6-8-2-1-3-21-8/h4-5,8H,1-3,6H2,(H,17,19)(H2,18,20,22)/t8-/m0/s1. The molecule has 1 fully saturated rings. The van der Waals surface area contributed by atoms with E-state index in [1.165, 1.54) is 0 Å². The Kier molecular flexibility index (Phi) is 5.65. The first-order valence-corrected chi connectivity index (χ1v) is 7.29. The van der Waals surface area contributed by atoms with Gasteiger partial charge < -0.3 is 10.1 Å². The summed E-state index contributed by atoms with van der Waals surface area (Å²) in [5.41, 5.74) is 4.26. The summed E-state index contributed by atoms with van der Waals surface area (Å²) in [6.07, 6.45) is -1.68. The fourth-order valence-electron chi connectivity index (χ4n) is 1.86. The first-order valence-electron chi connectivity index (χ1n) is 6.50. The van der Waals surface area contributed by atoms with Gasteiger partial charge in [-0.15, -0.1) is 0 Å². The smallest absolute Gasteiger partial charge is 0.376 e. The molecule has 2 heterocycles. The Bertz CT molecular complexity index is 538. The molecule has 2 rings (SSSR count). The Balaban J connectivity index is 1.82. The SMILES string of the molecule is FC(F)(F)c1cnc(NNC(=S)NC[C@@H]2CCCO2)c(Cl)c1. The van der Waals surface area contributed by atoms with E-state index in [2.05, 4.69) is 21.2 Å². The number of hydrogen-bond acceptors (Lipinski definition) is 4. The second-order valence-corrected chi connectivity index (χ2v) is 5.46. The van der Waals surface area contributed by atoms with Crippen molar-refractivity contribution in [1.29, 1.82) is 0 Å². The number of hydrogen-bond donors (Lipinski definition) is 3. The van der Waals surface area contributed by atoms with Gasteiger partial charge in [0.15, 0.2) is 10.9 Å². The fourth-order valence-corrected chi connectivity index (χ4v) is 2.20. The minimum absolute atomic E-state index is 0.0518. The molecule has 0 amide bonds. The predicted octanol–water partition coefficient (Wildman–Crippen LogP) is 2.72. The molecule has 0 saturated carbocycles. The number of nitrogens with zero attached hydrogens (tertiary/aromatic N) is 1. The number of aromatic nitrogens is 1. The van der Waals surface area contributed by atoms with Gasteiger partial charge in [0.2, 0.25) is 0 Å². The van der Waals surface area contributed by atoms with Crippen LogP contribution in [-0.2, 0) is 10.9 Å². The molecule has 1 aromatic rings. The molecule has 5 nitrogen and oxygen atoms in total. The zero-order chi connectivity index (χ0) is 16.2. The van der Waals surface area contributed by atoms with Gasteiger partial charge in [-0.05, 0) is 31.1 Å². The molecule has 1 atom stereocenters. The zero-order valence-corrected chi connectivity index (χ0v) is 12.9. The number of nitrogens with one attached hydrogen (secondary N) is 3. The van der Waals surface area contributed by atoms with E-state index in [4.69, 9.17) is 28.6 Å². The van der Waals surface area contributed by atoms with E-state index in [-0.39, 0.29) is 22.1 Å². The molecule has 1 aliphatic rings. The third-order valence-corrected chi connectivity index (χ3v) is 3.51. The molecule has 3 N–H and O–H groups in total. The number of ether oxygens (including phenoxy) is 1. The Hall–Kier alpha value is -1.32. The molecule has 0 radical (unpaired) electrons. The van der Waals surface area contributed by atoms with Crippen LogP contribution in [0.1, 0.15) is 18.4 Å². The lowest BCUT2D eigenvalue weighted by atomic mass is 10.2. The normalized spacial score (nSPS) is 18.1. The first kappa shape index (κ1) is 17.0. The van der Waals surface area contributed by atoms with Crippen LogP contribution in [0.15, 0.2) is 12.3 Å². The van der Waals surface area contributed by atoms with Gasteiger partial charge in [-0.3, -0.25) is 10.9 Å². The number of pyridine rings is 1. The van der Waals surface area contributed by atoms with Crippen LogP contribution in [0, 0.1) is 0 Å². The average Bonchev–Trinajstić information content (AvgIpc) is 2.96. The van der Waals surface area contributed by atoms with E-state index in [1.807, 2.05) is 0 Å². The van der Waals surface area contributed by atoms with Crippen molar-refractivity contribution in [3.8, 4) is 0 Å². The molecule has 1 aromatic heterocycles. The molecule has 0 aliphatic carbocycles. The summed E-state index contributed by atoms with van der Waals surface area (Å²) in [5, 5.41) is 3.04. The Morgan fingerprint density at radius 1 is 1.50 bits per heavy atom. The van der Waals surface area contributed by atoms with Gasteiger partial charge in [-0.25, -0.2) is 4.98 Å². The fraction of sp³-hybridized carbons (Fsp3) is 0.500. The summed E-state index contributed by atoms with van der Waals surface area (Å²) in [6, 6.07) is 0.793. The van der Waals surface area contributed by atoms with E-state index >= 15 is 0 Å². The van der Waals surface area contributed by atoms with Gasteiger partial charge in [-0.2, -0.15) is 13.2 Å². The highest BCUT2D eigenvalue weighted by atomic mass is 35.5. The number of halogens is 4. The van der Waals surface area contributed by atoms with Crippen LogP contribution in [0.25, 0.3) is 0 Å². The minimum atomic E-state index is -4.49. The molecule has 0 aromatic carbocycles. The molecule has 22 heavy (non-hydrogen) atoms. The van der Waals surface area contributed by atoms with Gasteiger partial charge >= 0.3 is 6.18 Å². The highest BCUT2D eigenvalue weighted by Crippen LogP contribution is 2.32. The summed E-state index contributed by atoms with van der Waals surface area (Å²) >= 11 is 10.8. The van der Waals surface area contributed by atoms with E-state index < -0.39 is 11.7 Å². The lowest BCUT2D eigenvalue weighted by Crippen LogP contribution is -2.42. The Morgan fingerprint density at radius 3 is 2.86 bits per heavy atom. The molecule has 0 unspecified atom stereocenters. The molecule has 122 valence electrons. The number of thiocarbonyl (C=S) groups is 1. The highest BCUT2D eigenvalue weighted by molar-refractivity contribution is 7.80. The predicted molar refractivity (Wildman–Crippen MR) is 80.6 cm³/mol. The van der Waals surface area contributed by atoms with E-state index in [0.717, 1.165) is 25.5 Å². The number of anilines is 1. The lowest BCUT2D eigenvalue weighted by molar-refractivity contribution is -0.137. The molecule has 0 bridgehead atoms. The number of alkyl halides is 3. The monoisotopic (exact) mass is 354 g/mol. The molecule has 0 spiro atoms. The van der Waals surface area contributed by atoms with Crippen molar-refractivity contribution in [2.75, 3.05) is 18.6 Å². The lowest BCUT2D eigenvalue weighted by Gasteiger charge is -2.15. The van der Waals surface area contributed by atoms with Gasteiger partial charge in [0.05, 0.1) is 16.7 Å². The minimum Gasteiger partial charge on any atom is -0.376 e. The average molecular weight is 355 g/mol. The first-order chi connectivity index (χ1) is 10.4. The summed E-state index contributed by atoms with van der Waals surface area (Å²) in [4.78, 5) is 3.62. The van der Waals surface area contributed by atoms with Crippen LogP contribution in [0.5, 0.6) is 0 Å². The van der Waals surface area contributed by atoms with E-state index in [0.29, 0.717) is 12.7 Å². The van der Waals surface area contributed by atoms with Gasteiger partial charge in [0.1, 0.15) is 0 Å². The largest absolute Gasteiger partial charge is 0.417 e. The van der Waals surface area contributed by atoms with Crippen LogP contribution < -0.4 is 16.2 Å². The highest BCUT2D eigenvalue weighted by Gasteiger charge is 2.31. The maximum absolute atomic E-state index is 12.5. The maximum atomic E-state index is 12.5. The van der Waals surface area contributed by atoms with Crippen LogP contribution in [0.3, 0.4) is 0 Å². The van der Waals surface area contributed by atoms with Crippen molar-refractivity contribution in [3.05, 3.63) is 22.8 Å². The van der Waals surface area contributed by atoms with Crippen molar-refractivity contribution >= 4 is 34.7 Å². The number of rotatable bonds is 4. The Labute approximate surface area is 135 Å². The molecular weight excluding hydrogens is 341 g/mol. The Morgan fingerprint density at radius 2 is 2.27 bits per heavy atom. The van der Waals surface area contributed by atoms with Crippen LogP contribution in [-0.4, -0.2) is 29.4 Å². The van der Waals surface area contributed by atoms with E-state index in [9.17, 15) is 13.2 Å². The van der Waals surface area contributed by atoms with Crippen molar-refractivity contribution in [2.24, 2.45) is 0 Å². The third-order valence-electron chi connectivity index (χ3n) is 2.98. The molecular formula is C12H14ClF3N4OS. The van der Waals surface area contributed by atoms with Crippen molar-refractivity contribution in [1.82, 2.24) is 15.7 Å². The molecule has 10 heteroatoms. The van der Waals surface area contributed by atoms with Crippen LogP contribution in [0.2, 0.25) is 5.02 Å². The maximum Gasteiger partial charge on any atom is 0.417 e. The topological polar surface area (TPSA) is 58.2 Å². The second-order valence-electron chi connectivity index (χ2n) is 4.65.